The summed E-state index contributed by atoms with van der Waals surface area (Å²) in [5.41, 5.74) is -3.68. The molecule has 3 heterocycles. The van der Waals surface area contributed by atoms with Crippen LogP contribution in [0.3, 0.4) is 0 Å². The van der Waals surface area contributed by atoms with Gasteiger partial charge in [-0.25, -0.2) is 0 Å². The summed E-state index contributed by atoms with van der Waals surface area (Å²) in [6, 6.07) is 0. The molecule has 5 aliphatic carbocycles. The number of epoxide rings is 1. The molecule has 8 fully saturated rings. The molecule has 0 bridgehead atoms. The number of rotatable bonds is 5. The van der Waals surface area contributed by atoms with Gasteiger partial charge in [0.2, 0.25) is 0 Å². The quantitative estimate of drug-likeness (QED) is 0.238. The standard InChI is InChI=1S/C34H52O11/c1-15(20-13-30(3)32(5,45-30)28(43-20)44-27-26(40)25(39)24(38)21(14-35)42-27)34(41)9-7-18-17-11-23(37)33-12-16(33)10-22(36)31(33,4)19(17)6-8-29(18,34)2/h15-21,23-28,35,37-41H,6-14H2,1-5H3/t15-,16-,17+,18+,19+,20-,21-,23-,24-,25+,26-,27+,28+,29+,30+,31+,32+,33+,34+/m1/s1. The third kappa shape index (κ3) is 3.64. The minimum absolute atomic E-state index is 0.181. The number of hydrogen-bond acceptors (Lipinski definition) is 11. The zero-order valence-electron chi connectivity index (χ0n) is 27.1. The summed E-state index contributed by atoms with van der Waals surface area (Å²) >= 11 is 0. The van der Waals surface area contributed by atoms with Crippen molar-refractivity contribution >= 4 is 5.78 Å². The van der Waals surface area contributed by atoms with Gasteiger partial charge in [-0.05, 0) is 81.5 Å². The average Bonchev–Trinajstić information content (AvgIpc) is 3.80. The SMILES string of the molecule is C[C@H]([C@H]1C[C@]2(C)O[C@@]2(C)[C@H](O[C@@H]2O[C@H](CO)[C@@H](O)[C@H](O)[C@H]2O)O1)[C@@]1(O)CC[C@H]2[C@@H]3C[C@@H](O)[C@]45C[C@H]4CC(=O)[C@]5(C)[C@H]3CC[C@@]21C. The van der Waals surface area contributed by atoms with Crippen LogP contribution in [0, 0.1) is 45.8 Å². The molecule has 0 aromatic rings. The van der Waals surface area contributed by atoms with Crippen molar-refractivity contribution in [3.8, 4) is 0 Å². The molecule has 254 valence electrons. The fraction of sp³-hybridized carbons (Fsp3) is 0.971. The minimum Gasteiger partial charge on any atom is -0.394 e. The first-order valence-corrected chi connectivity index (χ1v) is 17.3. The molecule has 0 radical (unpaired) electrons. The monoisotopic (exact) mass is 636 g/mol. The molecule has 19 atom stereocenters. The molecule has 5 saturated carbocycles. The Bertz CT molecular complexity index is 1260. The maximum atomic E-state index is 13.5. The lowest BCUT2D eigenvalue weighted by atomic mass is 9.44. The van der Waals surface area contributed by atoms with Crippen LogP contribution in [0.15, 0.2) is 0 Å². The van der Waals surface area contributed by atoms with Crippen LogP contribution in [-0.4, -0.2) is 109 Å². The van der Waals surface area contributed by atoms with E-state index in [4.69, 9.17) is 18.9 Å². The number of hydrogen-bond donors (Lipinski definition) is 6. The van der Waals surface area contributed by atoms with E-state index in [1.807, 2.05) is 20.8 Å². The van der Waals surface area contributed by atoms with Crippen LogP contribution in [-0.2, 0) is 23.7 Å². The van der Waals surface area contributed by atoms with Crippen molar-refractivity contribution in [2.45, 2.75) is 152 Å². The summed E-state index contributed by atoms with van der Waals surface area (Å²) in [6.07, 6.45) is -3.17. The topological polar surface area (TPSA) is 179 Å². The zero-order chi connectivity index (χ0) is 32.3. The maximum absolute atomic E-state index is 13.5. The highest BCUT2D eigenvalue weighted by Gasteiger charge is 2.81. The minimum atomic E-state index is -1.58. The van der Waals surface area contributed by atoms with Crippen LogP contribution in [0.5, 0.6) is 0 Å². The summed E-state index contributed by atoms with van der Waals surface area (Å²) in [5, 5.41) is 65.2. The molecule has 3 saturated heterocycles. The predicted octanol–water partition coefficient (Wildman–Crippen LogP) is 1.03. The van der Waals surface area contributed by atoms with Crippen LogP contribution in [0.1, 0.15) is 86.0 Å². The van der Waals surface area contributed by atoms with Gasteiger partial charge in [0, 0.05) is 29.6 Å². The van der Waals surface area contributed by atoms with Gasteiger partial charge in [0.1, 0.15) is 41.4 Å². The van der Waals surface area contributed by atoms with Crippen molar-refractivity contribution in [2.75, 3.05) is 6.61 Å². The van der Waals surface area contributed by atoms with Crippen molar-refractivity contribution in [2.24, 2.45) is 45.8 Å². The molecule has 0 aromatic heterocycles. The highest BCUT2D eigenvalue weighted by molar-refractivity contribution is 5.91. The second kappa shape index (κ2) is 9.49. The van der Waals surface area contributed by atoms with Gasteiger partial charge in [0.15, 0.2) is 12.6 Å². The molecule has 1 spiro atoms. The molecule has 0 unspecified atom stereocenters. The van der Waals surface area contributed by atoms with Crippen LogP contribution in [0.4, 0.5) is 0 Å². The van der Waals surface area contributed by atoms with Crippen LogP contribution >= 0.6 is 0 Å². The van der Waals surface area contributed by atoms with E-state index >= 15 is 0 Å². The van der Waals surface area contributed by atoms with E-state index in [1.54, 1.807) is 0 Å². The van der Waals surface area contributed by atoms with Gasteiger partial charge >= 0.3 is 0 Å². The van der Waals surface area contributed by atoms with E-state index in [0.717, 1.165) is 25.7 Å². The highest BCUT2D eigenvalue weighted by Crippen LogP contribution is 2.81. The molecule has 0 aromatic carbocycles. The van der Waals surface area contributed by atoms with E-state index in [2.05, 4.69) is 13.8 Å². The molecule has 0 amide bonds. The van der Waals surface area contributed by atoms with Crippen molar-refractivity contribution in [1.29, 1.82) is 0 Å². The van der Waals surface area contributed by atoms with Gasteiger partial charge in [-0.2, -0.15) is 0 Å². The molecule has 8 aliphatic rings. The van der Waals surface area contributed by atoms with Gasteiger partial charge in [-0.1, -0.05) is 20.8 Å². The first-order valence-electron chi connectivity index (χ1n) is 17.3. The number of carbonyl (C=O) groups excluding carboxylic acids is 1. The second-order valence-corrected chi connectivity index (χ2v) is 17.1. The number of aliphatic hydroxyl groups excluding tert-OH is 5. The normalized spacial score (nSPS) is 63.6. The van der Waals surface area contributed by atoms with Crippen molar-refractivity contribution in [1.82, 2.24) is 0 Å². The lowest BCUT2D eigenvalue weighted by molar-refractivity contribution is -0.356. The number of fused-ring (bicyclic) bond motifs is 5. The van der Waals surface area contributed by atoms with E-state index in [9.17, 15) is 35.4 Å². The maximum Gasteiger partial charge on any atom is 0.192 e. The van der Waals surface area contributed by atoms with Crippen molar-refractivity contribution in [3.05, 3.63) is 0 Å². The summed E-state index contributed by atoms with van der Waals surface area (Å²) in [6.45, 7) is 9.66. The van der Waals surface area contributed by atoms with Gasteiger partial charge in [-0.15, -0.1) is 0 Å². The fourth-order valence-electron chi connectivity index (χ4n) is 12.6. The highest BCUT2D eigenvalue weighted by atomic mass is 16.8. The summed E-state index contributed by atoms with van der Waals surface area (Å²) in [4.78, 5) is 13.5. The summed E-state index contributed by atoms with van der Waals surface area (Å²) in [7, 11) is 0. The predicted molar refractivity (Wildman–Crippen MR) is 156 cm³/mol. The van der Waals surface area contributed by atoms with E-state index < -0.39 is 83.4 Å². The first-order chi connectivity index (χ1) is 21.0. The number of aliphatic hydroxyl groups is 6. The fourth-order valence-corrected chi connectivity index (χ4v) is 12.6. The van der Waals surface area contributed by atoms with Gasteiger partial charge in [0.05, 0.1) is 24.4 Å². The zero-order valence-corrected chi connectivity index (χ0v) is 27.1. The number of ketones is 1. The largest absolute Gasteiger partial charge is 0.394 e. The van der Waals surface area contributed by atoms with Crippen molar-refractivity contribution in [3.63, 3.8) is 0 Å². The Labute approximate surface area is 264 Å². The van der Waals surface area contributed by atoms with E-state index in [-0.39, 0.29) is 29.1 Å². The Balaban J connectivity index is 1.04. The first kappa shape index (κ1) is 31.5. The second-order valence-electron chi connectivity index (χ2n) is 17.1. The molecule has 11 nitrogen and oxygen atoms in total. The van der Waals surface area contributed by atoms with Gasteiger partial charge in [-0.3, -0.25) is 4.79 Å². The summed E-state index contributed by atoms with van der Waals surface area (Å²) < 4.78 is 24.6. The molecular formula is C34H52O11. The summed E-state index contributed by atoms with van der Waals surface area (Å²) in [5.74, 6) is 0.949. The molecular weight excluding hydrogens is 584 g/mol. The van der Waals surface area contributed by atoms with Crippen molar-refractivity contribution < 1.29 is 54.4 Å². The Morgan fingerprint density at radius 2 is 1.67 bits per heavy atom. The van der Waals surface area contributed by atoms with Crippen LogP contribution < -0.4 is 0 Å². The van der Waals surface area contributed by atoms with Gasteiger partial charge in [0.25, 0.3) is 0 Å². The Morgan fingerprint density at radius 1 is 0.956 bits per heavy atom. The Kier molecular flexibility index (Phi) is 6.65. The lowest BCUT2D eigenvalue weighted by Gasteiger charge is -2.61. The molecule has 3 aliphatic heterocycles. The smallest absolute Gasteiger partial charge is 0.192 e. The molecule has 8 rings (SSSR count). The molecule has 45 heavy (non-hydrogen) atoms. The molecule has 11 heteroatoms. The average molecular weight is 637 g/mol. The third-order valence-corrected chi connectivity index (χ3v) is 15.8. The Hall–Kier alpha value is -0.730. The van der Waals surface area contributed by atoms with Crippen LogP contribution in [0.2, 0.25) is 0 Å². The van der Waals surface area contributed by atoms with Crippen LogP contribution in [0.25, 0.3) is 0 Å². The van der Waals surface area contributed by atoms with E-state index in [1.165, 1.54) is 0 Å². The number of Topliss-reactive ketones (excluding diaryl/α,β-unsaturated/α-hetero) is 1. The third-order valence-electron chi connectivity index (χ3n) is 15.8. The molecule has 6 N–H and O–H groups in total. The lowest BCUT2D eigenvalue weighted by Crippen LogP contribution is -2.63. The van der Waals surface area contributed by atoms with Gasteiger partial charge < -0.3 is 49.6 Å². The Morgan fingerprint density at radius 3 is 2.38 bits per heavy atom. The number of carbonyl (C=O) groups is 1. The number of ether oxygens (including phenoxy) is 4. The van der Waals surface area contributed by atoms with E-state index in [0.29, 0.717) is 37.4 Å².